The van der Waals surface area contributed by atoms with Gasteiger partial charge in [-0.3, -0.25) is 4.99 Å². The fraction of sp³-hybridized carbons (Fsp3) is 0.562. The van der Waals surface area contributed by atoms with Gasteiger partial charge in [-0.25, -0.2) is 4.39 Å². The van der Waals surface area contributed by atoms with Crippen LogP contribution in [0, 0.1) is 5.82 Å². The summed E-state index contributed by atoms with van der Waals surface area (Å²) in [7, 11) is 0. The van der Waals surface area contributed by atoms with Crippen molar-refractivity contribution in [3.63, 3.8) is 0 Å². The van der Waals surface area contributed by atoms with Crippen molar-refractivity contribution in [1.82, 2.24) is 5.32 Å². The maximum atomic E-state index is 13.1. The molecule has 1 aliphatic carbocycles. The summed E-state index contributed by atoms with van der Waals surface area (Å²) in [5.41, 5.74) is 6.75. The first kappa shape index (κ1) is 20.4. The Labute approximate surface area is 159 Å². The molecule has 0 saturated heterocycles. The van der Waals surface area contributed by atoms with Crippen molar-refractivity contribution >= 4 is 41.5 Å². The lowest BCUT2D eigenvalue weighted by Crippen LogP contribution is -2.33. The summed E-state index contributed by atoms with van der Waals surface area (Å²) >= 11 is 6.15. The van der Waals surface area contributed by atoms with Gasteiger partial charge in [-0.05, 0) is 43.9 Å². The van der Waals surface area contributed by atoms with Gasteiger partial charge in [0, 0.05) is 30.2 Å². The number of ether oxygens (including phenoxy) is 1. The van der Waals surface area contributed by atoms with Gasteiger partial charge in [0.15, 0.2) is 5.96 Å². The van der Waals surface area contributed by atoms with Gasteiger partial charge in [0.25, 0.3) is 0 Å². The molecule has 4 nitrogen and oxygen atoms in total. The summed E-state index contributed by atoms with van der Waals surface area (Å²) in [6, 6.07) is 4.56. The van der Waals surface area contributed by atoms with E-state index in [9.17, 15) is 4.39 Å². The van der Waals surface area contributed by atoms with E-state index in [1.165, 1.54) is 12.1 Å². The van der Waals surface area contributed by atoms with Crippen LogP contribution in [-0.2, 0) is 10.2 Å². The van der Waals surface area contributed by atoms with Gasteiger partial charge in [0.1, 0.15) is 5.82 Å². The first-order chi connectivity index (χ1) is 10.6. The number of nitrogens with two attached hydrogens (primary N) is 1. The minimum atomic E-state index is -0.316. The topological polar surface area (TPSA) is 59.6 Å². The van der Waals surface area contributed by atoms with Crippen LogP contribution in [0.4, 0.5) is 4.39 Å². The maximum Gasteiger partial charge on any atom is 0.188 e. The molecule has 0 amide bonds. The molecule has 130 valence electrons. The van der Waals surface area contributed by atoms with Crippen LogP contribution in [0.5, 0.6) is 0 Å². The van der Waals surface area contributed by atoms with Crippen molar-refractivity contribution in [1.29, 1.82) is 0 Å². The van der Waals surface area contributed by atoms with Crippen LogP contribution in [-0.4, -0.2) is 32.3 Å². The summed E-state index contributed by atoms with van der Waals surface area (Å²) in [5.74, 6) is 0.115. The second kappa shape index (κ2) is 9.64. The molecule has 3 N–H and O–H groups in total. The van der Waals surface area contributed by atoms with Crippen molar-refractivity contribution in [2.75, 3.05) is 26.3 Å². The van der Waals surface area contributed by atoms with Crippen LogP contribution in [0.2, 0.25) is 5.02 Å². The number of hydrogen-bond acceptors (Lipinski definition) is 2. The zero-order valence-corrected chi connectivity index (χ0v) is 16.4. The molecule has 1 saturated carbocycles. The standard InChI is InChI=1S/C16H23ClFN3O.HI/c1-2-22-9-3-8-20-15(19)21-11-16(6-7-16)13-5-4-12(18)10-14(13)17;/h4-5,10H,2-3,6-9,11H2,1H3,(H3,19,20,21);1H. The Morgan fingerprint density at radius 1 is 1.48 bits per heavy atom. The van der Waals surface area contributed by atoms with Crippen molar-refractivity contribution in [3.8, 4) is 0 Å². The average Bonchev–Trinajstić information content (AvgIpc) is 3.26. The van der Waals surface area contributed by atoms with E-state index in [1.807, 2.05) is 6.92 Å². The van der Waals surface area contributed by atoms with Crippen molar-refractivity contribution in [3.05, 3.63) is 34.6 Å². The first-order valence-electron chi connectivity index (χ1n) is 7.64. The predicted molar refractivity (Wildman–Crippen MR) is 103 cm³/mol. The Hall–Kier alpha value is -0.600. The number of benzene rings is 1. The number of rotatable bonds is 8. The lowest BCUT2D eigenvalue weighted by molar-refractivity contribution is 0.145. The monoisotopic (exact) mass is 455 g/mol. The molecule has 1 aliphatic rings. The van der Waals surface area contributed by atoms with E-state index in [-0.39, 0.29) is 35.2 Å². The summed E-state index contributed by atoms with van der Waals surface area (Å²) in [5, 5.41) is 3.54. The average molecular weight is 456 g/mol. The molecule has 1 aromatic carbocycles. The predicted octanol–water partition coefficient (Wildman–Crippen LogP) is 3.46. The number of guanidine groups is 1. The fourth-order valence-electron chi connectivity index (χ4n) is 2.41. The van der Waals surface area contributed by atoms with Crippen LogP contribution in [0.15, 0.2) is 23.2 Å². The van der Waals surface area contributed by atoms with Gasteiger partial charge in [-0.15, -0.1) is 24.0 Å². The first-order valence-corrected chi connectivity index (χ1v) is 8.02. The molecule has 23 heavy (non-hydrogen) atoms. The highest BCUT2D eigenvalue weighted by Crippen LogP contribution is 2.50. The third kappa shape index (κ3) is 6.08. The Bertz CT molecular complexity index is 538. The Kier molecular flexibility index (Phi) is 8.57. The van der Waals surface area contributed by atoms with E-state index < -0.39 is 0 Å². The van der Waals surface area contributed by atoms with Crippen molar-refractivity contribution in [2.24, 2.45) is 10.7 Å². The smallest absolute Gasteiger partial charge is 0.188 e. The van der Waals surface area contributed by atoms with Crippen molar-refractivity contribution < 1.29 is 9.13 Å². The lowest BCUT2D eigenvalue weighted by Gasteiger charge is -2.15. The molecule has 7 heteroatoms. The summed E-state index contributed by atoms with van der Waals surface area (Å²) in [6.07, 6.45) is 2.89. The van der Waals surface area contributed by atoms with Gasteiger partial charge in [0.2, 0.25) is 0 Å². The third-order valence-electron chi connectivity index (χ3n) is 3.88. The highest BCUT2D eigenvalue weighted by molar-refractivity contribution is 14.0. The molecule has 0 atom stereocenters. The summed E-state index contributed by atoms with van der Waals surface area (Å²) in [4.78, 5) is 4.41. The molecule has 0 aliphatic heterocycles. The zero-order valence-electron chi connectivity index (χ0n) is 13.3. The van der Waals surface area contributed by atoms with Gasteiger partial charge in [0.05, 0.1) is 6.54 Å². The number of nitrogens with one attached hydrogen (secondary N) is 1. The van der Waals surface area contributed by atoms with Crippen LogP contribution in [0.3, 0.4) is 0 Å². The largest absolute Gasteiger partial charge is 0.382 e. The lowest BCUT2D eigenvalue weighted by atomic mass is 9.96. The molecule has 0 bridgehead atoms. The Morgan fingerprint density at radius 2 is 2.22 bits per heavy atom. The molecule has 0 unspecified atom stereocenters. The van der Waals surface area contributed by atoms with Crippen molar-refractivity contribution in [2.45, 2.75) is 31.6 Å². The van der Waals surface area contributed by atoms with Crippen LogP contribution >= 0.6 is 35.6 Å². The molecule has 0 aromatic heterocycles. The minimum Gasteiger partial charge on any atom is -0.382 e. The molecular weight excluding hydrogens is 432 g/mol. The molecule has 0 heterocycles. The second-order valence-electron chi connectivity index (χ2n) is 5.58. The molecule has 0 radical (unpaired) electrons. The van der Waals surface area contributed by atoms with Gasteiger partial charge >= 0.3 is 0 Å². The Balaban J connectivity index is 0.00000264. The van der Waals surface area contributed by atoms with E-state index in [2.05, 4.69) is 10.3 Å². The third-order valence-corrected chi connectivity index (χ3v) is 4.20. The summed E-state index contributed by atoms with van der Waals surface area (Å²) in [6.45, 7) is 4.72. The fourth-order valence-corrected chi connectivity index (χ4v) is 2.78. The molecular formula is C16H24ClFIN3O. The van der Waals surface area contributed by atoms with E-state index in [0.717, 1.165) is 38.0 Å². The normalized spacial score (nSPS) is 15.9. The van der Waals surface area contributed by atoms with Gasteiger partial charge < -0.3 is 15.8 Å². The minimum absolute atomic E-state index is 0. The SMILES string of the molecule is CCOCCCNC(N)=NCC1(c2ccc(F)cc2Cl)CC1.I. The quantitative estimate of drug-likeness (QED) is 0.273. The highest BCUT2D eigenvalue weighted by Gasteiger charge is 2.45. The molecule has 1 fully saturated rings. The van der Waals surface area contributed by atoms with Crippen LogP contribution in [0.25, 0.3) is 0 Å². The van der Waals surface area contributed by atoms with Crippen LogP contribution in [0.1, 0.15) is 31.7 Å². The maximum absolute atomic E-state index is 13.1. The molecule has 1 aromatic rings. The molecule has 2 rings (SSSR count). The molecule has 0 spiro atoms. The summed E-state index contributed by atoms with van der Waals surface area (Å²) < 4.78 is 18.4. The number of hydrogen-bond donors (Lipinski definition) is 2. The second-order valence-corrected chi connectivity index (χ2v) is 5.99. The van der Waals surface area contributed by atoms with Gasteiger partial charge in [-0.1, -0.05) is 17.7 Å². The van der Waals surface area contributed by atoms with E-state index in [1.54, 1.807) is 6.07 Å². The van der Waals surface area contributed by atoms with E-state index >= 15 is 0 Å². The number of aliphatic imine (C=N–C) groups is 1. The van der Waals surface area contributed by atoms with E-state index in [4.69, 9.17) is 22.1 Å². The van der Waals surface area contributed by atoms with Crippen LogP contribution < -0.4 is 11.1 Å². The number of halogens is 3. The highest BCUT2D eigenvalue weighted by atomic mass is 127. The van der Waals surface area contributed by atoms with E-state index in [0.29, 0.717) is 24.1 Å². The zero-order chi connectivity index (χ0) is 16.0. The Morgan fingerprint density at radius 3 is 2.83 bits per heavy atom. The van der Waals surface area contributed by atoms with Gasteiger partial charge in [-0.2, -0.15) is 0 Å². The number of nitrogens with zero attached hydrogens (tertiary/aromatic N) is 1.